The summed E-state index contributed by atoms with van der Waals surface area (Å²) in [5.74, 6) is -1.08. The van der Waals surface area contributed by atoms with E-state index in [1.54, 1.807) is 13.0 Å². The van der Waals surface area contributed by atoms with Crippen molar-refractivity contribution >= 4 is 5.97 Å². The van der Waals surface area contributed by atoms with Gasteiger partial charge in [0.15, 0.2) is 0 Å². The summed E-state index contributed by atoms with van der Waals surface area (Å²) in [5, 5.41) is 13.3. The molecule has 3 aromatic rings. The van der Waals surface area contributed by atoms with E-state index < -0.39 is 5.97 Å². The zero-order valence-corrected chi connectivity index (χ0v) is 16.2. The van der Waals surface area contributed by atoms with Crippen LogP contribution >= 0.6 is 0 Å². The van der Waals surface area contributed by atoms with Crippen LogP contribution in [-0.4, -0.2) is 21.2 Å². The molecule has 0 bridgehead atoms. The van der Waals surface area contributed by atoms with E-state index >= 15 is 0 Å². The molecule has 0 spiro atoms. The van der Waals surface area contributed by atoms with Crippen molar-refractivity contribution in [1.82, 2.24) is 10.1 Å². The predicted molar refractivity (Wildman–Crippen MR) is 101 cm³/mol. The van der Waals surface area contributed by atoms with Gasteiger partial charge in [-0.25, -0.2) is 9.18 Å². The zero-order chi connectivity index (χ0) is 20.0. The number of benzene rings is 2. The summed E-state index contributed by atoms with van der Waals surface area (Å²) in [4.78, 5) is 15.7. The van der Waals surface area contributed by atoms with Gasteiger partial charge in [-0.2, -0.15) is 4.98 Å². The molecule has 0 radical (unpaired) electrons. The third-order valence-corrected chi connectivity index (χ3v) is 5.41. The molecule has 2 aromatic carbocycles. The van der Waals surface area contributed by atoms with E-state index in [9.17, 15) is 14.3 Å². The standard InChI is InChI=1S/C21H21FN2O3/c1-9-7-15(21(25)26)8-16(10(9)2)19-23-20(27-24-19)17-13(5)11(3)12(4)14(6)18(17)22/h7-8H,1-6H3,(H,25,26). The molecule has 0 unspecified atom stereocenters. The predicted octanol–water partition coefficient (Wildman–Crippen LogP) is 5.09. The maximum absolute atomic E-state index is 14.9. The van der Waals surface area contributed by atoms with E-state index in [1.807, 2.05) is 34.6 Å². The Morgan fingerprint density at radius 3 is 2.22 bits per heavy atom. The third-order valence-electron chi connectivity index (χ3n) is 5.41. The Balaban J connectivity index is 2.20. The molecule has 0 aliphatic rings. The lowest BCUT2D eigenvalue weighted by Crippen LogP contribution is -2.01. The van der Waals surface area contributed by atoms with Gasteiger partial charge in [0.1, 0.15) is 5.82 Å². The molecule has 3 rings (SSSR count). The van der Waals surface area contributed by atoms with Crippen molar-refractivity contribution in [1.29, 1.82) is 0 Å². The minimum atomic E-state index is -1.03. The Kier molecular flexibility index (Phi) is 4.59. The number of hydrogen-bond acceptors (Lipinski definition) is 4. The molecule has 0 aliphatic carbocycles. The van der Waals surface area contributed by atoms with E-state index in [0.29, 0.717) is 11.1 Å². The Bertz CT molecular complexity index is 1050. The number of rotatable bonds is 3. The van der Waals surface area contributed by atoms with Crippen molar-refractivity contribution in [3.63, 3.8) is 0 Å². The van der Waals surface area contributed by atoms with Crippen LogP contribution in [0.3, 0.4) is 0 Å². The molecule has 0 atom stereocenters. The number of aryl methyl sites for hydroxylation is 1. The monoisotopic (exact) mass is 368 g/mol. The minimum absolute atomic E-state index is 0.0870. The quantitative estimate of drug-likeness (QED) is 0.697. The van der Waals surface area contributed by atoms with Gasteiger partial charge >= 0.3 is 5.97 Å². The van der Waals surface area contributed by atoms with Crippen LogP contribution in [0.5, 0.6) is 0 Å². The summed E-state index contributed by atoms with van der Waals surface area (Å²) in [6, 6.07) is 3.10. The average Bonchev–Trinajstić information content (AvgIpc) is 3.09. The number of hydrogen-bond donors (Lipinski definition) is 1. The number of nitrogens with zero attached hydrogens (tertiary/aromatic N) is 2. The van der Waals surface area contributed by atoms with E-state index in [2.05, 4.69) is 10.1 Å². The van der Waals surface area contributed by atoms with Crippen LogP contribution in [0.2, 0.25) is 0 Å². The summed E-state index contributed by atoms with van der Waals surface area (Å²) in [7, 11) is 0. The minimum Gasteiger partial charge on any atom is -0.478 e. The van der Waals surface area contributed by atoms with E-state index in [0.717, 1.165) is 27.8 Å². The largest absolute Gasteiger partial charge is 0.478 e. The molecule has 0 aliphatic heterocycles. The van der Waals surface area contributed by atoms with Crippen molar-refractivity contribution < 1.29 is 18.8 Å². The van der Waals surface area contributed by atoms with Gasteiger partial charge in [-0.05, 0) is 87.1 Å². The van der Waals surface area contributed by atoms with E-state index in [4.69, 9.17) is 4.52 Å². The molecular formula is C21H21FN2O3. The first kappa shape index (κ1) is 18.8. The lowest BCUT2D eigenvalue weighted by molar-refractivity contribution is 0.0697. The highest BCUT2D eigenvalue weighted by Gasteiger charge is 2.23. The molecule has 0 fully saturated rings. The molecular weight excluding hydrogens is 347 g/mol. The summed E-state index contributed by atoms with van der Waals surface area (Å²) in [6.07, 6.45) is 0. The van der Waals surface area contributed by atoms with Gasteiger partial charge in [0.25, 0.3) is 5.89 Å². The second kappa shape index (κ2) is 6.61. The molecule has 0 amide bonds. The fourth-order valence-electron chi connectivity index (χ4n) is 3.17. The van der Waals surface area contributed by atoms with Crippen LogP contribution in [0, 0.1) is 47.4 Å². The van der Waals surface area contributed by atoms with Gasteiger partial charge in [0.2, 0.25) is 5.82 Å². The molecule has 1 N–H and O–H groups in total. The van der Waals surface area contributed by atoms with E-state index in [-0.39, 0.29) is 28.7 Å². The van der Waals surface area contributed by atoms with Gasteiger partial charge in [-0.15, -0.1) is 0 Å². The van der Waals surface area contributed by atoms with Crippen LogP contribution in [-0.2, 0) is 0 Å². The van der Waals surface area contributed by atoms with Crippen LogP contribution in [0.25, 0.3) is 22.8 Å². The van der Waals surface area contributed by atoms with Crippen molar-refractivity contribution in [2.24, 2.45) is 0 Å². The highest BCUT2D eigenvalue weighted by Crippen LogP contribution is 2.34. The van der Waals surface area contributed by atoms with Gasteiger partial charge in [-0.1, -0.05) is 5.16 Å². The Morgan fingerprint density at radius 1 is 0.963 bits per heavy atom. The Morgan fingerprint density at radius 2 is 1.59 bits per heavy atom. The smallest absolute Gasteiger partial charge is 0.335 e. The zero-order valence-electron chi connectivity index (χ0n) is 16.2. The highest BCUT2D eigenvalue weighted by atomic mass is 19.1. The molecule has 1 aromatic heterocycles. The van der Waals surface area contributed by atoms with Gasteiger partial charge in [-0.3, -0.25) is 0 Å². The SMILES string of the molecule is Cc1cc(C(=O)O)cc(-c2noc(-c3c(C)c(C)c(C)c(C)c3F)n2)c1C. The molecule has 5 nitrogen and oxygen atoms in total. The number of carboxylic acid groups (broad SMARTS) is 1. The average molecular weight is 368 g/mol. The molecule has 140 valence electrons. The number of halogens is 1. The third kappa shape index (κ3) is 3.01. The first-order valence-corrected chi connectivity index (χ1v) is 8.58. The molecule has 1 heterocycles. The molecule has 6 heteroatoms. The second-order valence-corrected chi connectivity index (χ2v) is 6.88. The van der Waals surface area contributed by atoms with Crippen LogP contribution in [0.15, 0.2) is 16.7 Å². The maximum atomic E-state index is 14.9. The Hall–Kier alpha value is -3.02. The second-order valence-electron chi connectivity index (χ2n) is 6.88. The topological polar surface area (TPSA) is 76.2 Å². The first-order chi connectivity index (χ1) is 12.6. The number of carboxylic acids is 1. The summed E-state index contributed by atoms with van der Waals surface area (Å²) >= 11 is 0. The number of aromatic nitrogens is 2. The number of aromatic carboxylic acids is 1. The van der Waals surface area contributed by atoms with Crippen molar-refractivity contribution in [3.8, 4) is 22.8 Å². The molecule has 0 saturated heterocycles. The van der Waals surface area contributed by atoms with Crippen molar-refractivity contribution in [2.45, 2.75) is 41.5 Å². The van der Waals surface area contributed by atoms with Crippen LogP contribution in [0.1, 0.15) is 43.7 Å². The maximum Gasteiger partial charge on any atom is 0.335 e. The molecule has 27 heavy (non-hydrogen) atoms. The Labute approximate surface area is 156 Å². The van der Waals surface area contributed by atoms with Crippen LogP contribution in [0.4, 0.5) is 4.39 Å². The van der Waals surface area contributed by atoms with Gasteiger partial charge in [0.05, 0.1) is 11.1 Å². The summed E-state index contributed by atoms with van der Waals surface area (Å²) in [6.45, 7) is 11.0. The lowest BCUT2D eigenvalue weighted by Gasteiger charge is -2.13. The summed E-state index contributed by atoms with van der Waals surface area (Å²) in [5.41, 5.74) is 5.81. The van der Waals surface area contributed by atoms with Crippen molar-refractivity contribution in [3.05, 3.63) is 56.9 Å². The fraction of sp³-hybridized carbons (Fsp3) is 0.286. The normalized spacial score (nSPS) is 11.1. The highest BCUT2D eigenvalue weighted by molar-refractivity contribution is 5.90. The number of carbonyl (C=O) groups is 1. The molecule has 0 saturated carbocycles. The van der Waals surface area contributed by atoms with Gasteiger partial charge < -0.3 is 9.63 Å². The first-order valence-electron chi connectivity index (χ1n) is 8.58. The van der Waals surface area contributed by atoms with E-state index in [1.165, 1.54) is 6.07 Å². The van der Waals surface area contributed by atoms with Gasteiger partial charge in [0, 0.05) is 5.56 Å². The van der Waals surface area contributed by atoms with Crippen LogP contribution < -0.4 is 0 Å². The lowest BCUT2D eigenvalue weighted by atomic mass is 9.93. The summed E-state index contributed by atoms with van der Waals surface area (Å²) < 4.78 is 20.3. The van der Waals surface area contributed by atoms with Crippen molar-refractivity contribution in [2.75, 3.05) is 0 Å². The fourth-order valence-corrected chi connectivity index (χ4v) is 3.17.